The summed E-state index contributed by atoms with van der Waals surface area (Å²) in [6.07, 6.45) is 10.8. The minimum Gasteiger partial charge on any atom is -0.382 e. The topological polar surface area (TPSA) is 132 Å². The number of amides is 1. The molecule has 3 aliphatic heterocycles. The lowest BCUT2D eigenvalue weighted by molar-refractivity contribution is 0.0788. The minimum atomic E-state index is -0.284. The summed E-state index contributed by atoms with van der Waals surface area (Å²) < 4.78 is 11.7. The summed E-state index contributed by atoms with van der Waals surface area (Å²) in [6, 6.07) is 15.5. The number of nitrogens with zero attached hydrogens (tertiary/aromatic N) is 6. The second-order valence-corrected chi connectivity index (χ2v) is 18.1. The Morgan fingerprint density at radius 1 is 0.844 bits per heavy atom. The third-order valence-corrected chi connectivity index (χ3v) is 13.3. The zero-order valence-corrected chi connectivity index (χ0v) is 39.5. The average Bonchev–Trinajstić information content (AvgIpc) is 3.31. The lowest BCUT2D eigenvalue weighted by Crippen LogP contribution is -2.44. The summed E-state index contributed by atoms with van der Waals surface area (Å²) >= 11 is 0. The highest BCUT2D eigenvalue weighted by Gasteiger charge is 2.26. The number of carbonyl (C=O) groups excluding carboxylic acids is 3. The van der Waals surface area contributed by atoms with E-state index in [2.05, 4.69) is 50.1 Å². The number of Topliss-reactive ketones (excluding diaryl/α,β-unsaturated/α-hetero) is 2. The SMILES string of the molecule is CCCCCCN(CC)c1cc(C(C)NC(=O)c2ccc(N3CCOCC3)cc2)nc(CCCOCCN2CCC(CN3CCC(Nc4cccc(C(C)=O)c4C(C)=O)CC3)CC2)n1. The van der Waals surface area contributed by atoms with Crippen molar-refractivity contribution in [2.24, 2.45) is 5.92 Å². The fourth-order valence-corrected chi connectivity index (χ4v) is 9.37. The van der Waals surface area contributed by atoms with Gasteiger partial charge < -0.3 is 39.7 Å². The quantitative estimate of drug-likeness (QED) is 0.0671. The maximum absolute atomic E-state index is 13.4. The van der Waals surface area contributed by atoms with E-state index in [0.717, 1.165) is 140 Å². The normalized spacial score (nSPS) is 17.3. The van der Waals surface area contributed by atoms with Gasteiger partial charge in [0.2, 0.25) is 0 Å². The van der Waals surface area contributed by atoms with Gasteiger partial charge in [0, 0.05) is 100.0 Å². The molecule has 0 radical (unpaired) electrons. The highest BCUT2D eigenvalue weighted by atomic mass is 16.5. The Morgan fingerprint density at radius 3 is 2.27 bits per heavy atom. The van der Waals surface area contributed by atoms with Crippen LogP contribution in [0.1, 0.15) is 141 Å². The lowest BCUT2D eigenvalue weighted by atomic mass is 9.94. The maximum Gasteiger partial charge on any atom is 0.251 e. The Kier molecular flexibility index (Phi) is 19.4. The first-order valence-electron chi connectivity index (χ1n) is 24.4. The number of carbonyl (C=O) groups is 3. The predicted octanol–water partition coefficient (Wildman–Crippen LogP) is 7.85. The average molecular weight is 881 g/mol. The fraction of sp³-hybridized carbons (Fsp3) is 0.627. The molecule has 1 atom stereocenters. The van der Waals surface area contributed by atoms with Crippen LogP contribution in [0.3, 0.4) is 0 Å². The molecule has 64 heavy (non-hydrogen) atoms. The van der Waals surface area contributed by atoms with Gasteiger partial charge in [-0.3, -0.25) is 14.4 Å². The van der Waals surface area contributed by atoms with E-state index in [1.807, 2.05) is 43.3 Å². The summed E-state index contributed by atoms with van der Waals surface area (Å²) in [5, 5.41) is 6.80. The smallest absolute Gasteiger partial charge is 0.251 e. The Labute approximate surface area is 383 Å². The van der Waals surface area contributed by atoms with Gasteiger partial charge in [0.05, 0.1) is 37.1 Å². The number of morpholine rings is 1. The number of unbranched alkanes of at least 4 members (excludes halogenated alkanes) is 3. The van der Waals surface area contributed by atoms with E-state index in [0.29, 0.717) is 41.7 Å². The number of benzene rings is 2. The molecule has 3 fully saturated rings. The van der Waals surface area contributed by atoms with E-state index >= 15 is 0 Å². The number of likely N-dealkylation sites (tertiary alicyclic amines) is 2. The lowest BCUT2D eigenvalue weighted by Gasteiger charge is -2.38. The van der Waals surface area contributed by atoms with E-state index in [1.165, 1.54) is 46.0 Å². The van der Waals surface area contributed by atoms with Crippen LogP contribution in [0.2, 0.25) is 0 Å². The molecule has 13 nitrogen and oxygen atoms in total. The summed E-state index contributed by atoms with van der Waals surface area (Å²) in [6.45, 7) is 22.2. The Hall–Kier alpha value is -4.43. The van der Waals surface area contributed by atoms with Gasteiger partial charge in [-0.25, -0.2) is 9.97 Å². The summed E-state index contributed by atoms with van der Waals surface area (Å²) in [5.41, 5.74) is 4.37. The molecule has 3 aliphatic rings. The molecule has 3 aromatic rings. The minimum absolute atomic E-state index is 0.0742. The van der Waals surface area contributed by atoms with E-state index in [1.54, 1.807) is 6.07 Å². The van der Waals surface area contributed by atoms with Crippen LogP contribution in [0.4, 0.5) is 17.2 Å². The van der Waals surface area contributed by atoms with Gasteiger partial charge in [0.1, 0.15) is 11.6 Å². The molecule has 4 heterocycles. The number of hydrogen-bond donors (Lipinski definition) is 2. The van der Waals surface area contributed by atoms with Gasteiger partial charge in [-0.2, -0.15) is 0 Å². The van der Waals surface area contributed by atoms with Crippen molar-refractivity contribution in [1.82, 2.24) is 25.1 Å². The molecule has 1 amide bonds. The summed E-state index contributed by atoms with van der Waals surface area (Å²) in [5.74, 6) is 2.17. The van der Waals surface area contributed by atoms with E-state index < -0.39 is 0 Å². The number of rotatable bonds is 24. The van der Waals surface area contributed by atoms with Crippen LogP contribution in [0, 0.1) is 5.92 Å². The molecule has 2 aromatic carbocycles. The van der Waals surface area contributed by atoms with E-state index in [9.17, 15) is 14.4 Å². The van der Waals surface area contributed by atoms with Crippen LogP contribution in [0.15, 0.2) is 48.5 Å². The predicted molar refractivity (Wildman–Crippen MR) is 257 cm³/mol. The number of ketones is 2. The maximum atomic E-state index is 13.4. The molecule has 0 saturated carbocycles. The number of aryl methyl sites for hydroxylation is 1. The van der Waals surface area contributed by atoms with E-state index in [-0.39, 0.29) is 23.5 Å². The molecule has 0 bridgehead atoms. The largest absolute Gasteiger partial charge is 0.382 e. The zero-order valence-electron chi connectivity index (χ0n) is 39.5. The van der Waals surface area contributed by atoms with Crippen LogP contribution in [0.25, 0.3) is 0 Å². The second kappa shape index (κ2) is 25.3. The first-order chi connectivity index (χ1) is 31.1. The van der Waals surface area contributed by atoms with Crippen LogP contribution in [0.5, 0.6) is 0 Å². The molecule has 0 aliphatic carbocycles. The third kappa shape index (κ3) is 14.5. The standard InChI is InChI=1S/C51H76N8O5/c1-6-8-9-10-24-58(7-2)49-36-47(38(3)52-51(62)42-16-18-44(19-17-42)59-30-34-64-35-31-59)54-48(55-49)15-12-32-63-33-29-56-25-20-41(21-26-56)37-57-27-22-43(23-28-57)53-46-14-11-13-45(39(4)60)50(46)40(5)61/h11,13-14,16-19,36,38,41,43,53H,6-10,12,15,20-35,37H2,1-5H3,(H,52,62). The molecule has 6 rings (SSSR count). The van der Waals surface area contributed by atoms with Crippen molar-refractivity contribution in [3.05, 3.63) is 76.7 Å². The molecule has 0 spiro atoms. The fourth-order valence-electron chi connectivity index (χ4n) is 9.37. The highest BCUT2D eigenvalue weighted by molar-refractivity contribution is 6.10. The molecule has 350 valence electrons. The first-order valence-corrected chi connectivity index (χ1v) is 24.4. The summed E-state index contributed by atoms with van der Waals surface area (Å²) in [7, 11) is 0. The molecular formula is C51H76N8O5. The summed E-state index contributed by atoms with van der Waals surface area (Å²) in [4.78, 5) is 57.9. The van der Waals surface area contributed by atoms with Gasteiger partial charge in [0.25, 0.3) is 5.91 Å². The van der Waals surface area contributed by atoms with Gasteiger partial charge in [-0.1, -0.05) is 38.3 Å². The number of anilines is 3. The van der Waals surface area contributed by atoms with Gasteiger partial charge in [-0.15, -0.1) is 0 Å². The van der Waals surface area contributed by atoms with Crippen LogP contribution in [-0.4, -0.2) is 135 Å². The van der Waals surface area contributed by atoms with Gasteiger partial charge >= 0.3 is 0 Å². The van der Waals surface area contributed by atoms with Crippen LogP contribution in [-0.2, 0) is 15.9 Å². The van der Waals surface area contributed by atoms with Crippen molar-refractivity contribution >= 4 is 34.7 Å². The van der Waals surface area contributed by atoms with Crippen molar-refractivity contribution in [3.63, 3.8) is 0 Å². The number of nitrogens with one attached hydrogen (secondary N) is 2. The number of ether oxygens (including phenoxy) is 2. The Bertz CT molecular complexity index is 1920. The molecule has 1 unspecified atom stereocenters. The zero-order chi connectivity index (χ0) is 45.3. The van der Waals surface area contributed by atoms with Crippen LogP contribution >= 0.6 is 0 Å². The molecule has 13 heteroatoms. The first kappa shape index (κ1) is 49.0. The molecule has 3 saturated heterocycles. The van der Waals surface area contributed by atoms with Crippen LogP contribution < -0.4 is 20.4 Å². The van der Waals surface area contributed by atoms with Crippen molar-refractivity contribution < 1.29 is 23.9 Å². The van der Waals surface area contributed by atoms with Crippen molar-refractivity contribution in [3.8, 4) is 0 Å². The molecular weight excluding hydrogens is 805 g/mol. The second-order valence-electron chi connectivity index (χ2n) is 18.1. The monoisotopic (exact) mass is 881 g/mol. The van der Waals surface area contributed by atoms with Crippen molar-refractivity contribution in [2.45, 2.75) is 111 Å². The Balaban J connectivity index is 0.917. The van der Waals surface area contributed by atoms with Gasteiger partial charge in [0.15, 0.2) is 11.6 Å². The van der Waals surface area contributed by atoms with Gasteiger partial charge in [-0.05, 0) is 116 Å². The van der Waals surface area contributed by atoms with Crippen molar-refractivity contribution in [2.75, 3.05) is 107 Å². The molecule has 2 N–H and O–H groups in total. The molecule has 1 aromatic heterocycles. The third-order valence-electron chi connectivity index (χ3n) is 13.3. The highest BCUT2D eigenvalue weighted by Crippen LogP contribution is 2.27. The number of piperidine rings is 2. The number of hydrogen-bond acceptors (Lipinski definition) is 12. The Morgan fingerprint density at radius 2 is 1.58 bits per heavy atom. The van der Waals surface area contributed by atoms with Crippen molar-refractivity contribution in [1.29, 1.82) is 0 Å². The van der Waals surface area contributed by atoms with E-state index in [4.69, 9.17) is 19.4 Å². The number of aromatic nitrogens is 2.